The number of benzene rings is 2. The molecule has 0 amide bonds. The lowest BCUT2D eigenvalue weighted by Crippen LogP contribution is -2.14. The lowest BCUT2D eigenvalue weighted by molar-refractivity contribution is 0.390. The summed E-state index contributed by atoms with van der Waals surface area (Å²) >= 11 is 0. The maximum atomic E-state index is 6.85. The van der Waals surface area contributed by atoms with Crippen molar-refractivity contribution in [1.29, 1.82) is 0 Å². The number of hydrogen-bond acceptors (Lipinski definition) is 7. The second-order valence-corrected chi connectivity index (χ2v) is 9.86. The van der Waals surface area contributed by atoms with Gasteiger partial charge >= 0.3 is 0 Å². The Morgan fingerprint density at radius 2 is 1.27 bits per heavy atom. The quantitative estimate of drug-likeness (QED) is 0.421. The van der Waals surface area contributed by atoms with Crippen LogP contribution in [0.1, 0.15) is 33.4 Å². The summed E-state index contributed by atoms with van der Waals surface area (Å²) in [4.78, 5) is 0. The summed E-state index contributed by atoms with van der Waals surface area (Å²) in [5, 5.41) is 0. The van der Waals surface area contributed by atoms with Crippen molar-refractivity contribution in [2.45, 2.75) is 63.9 Å². The molecular formula is C26H32N2O5. The molecule has 4 saturated heterocycles. The third-order valence-corrected chi connectivity index (χ3v) is 7.11. The van der Waals surface area contributed by atoms with E-state index >= 15 is 0 Å². The molecule has 7 heteroatoms. The number of hydrogen-bond donors (Lipinski definition) is 2. The highest BCUT2D eigenvalue weighted by Gasteiger charge is 2.35. The third kappa shape index (κ3) is 4.68. The van der Waals surface area contributed by atoms with E-state index < -0.39 is 0 Å². The summed E-state index contributed by atoms with van der Waals surface area (Å²) in [6.45, 7) is 7.24. The number of ether oxygens (including phenoxy) is 5. The number of nitrogen functional groups attached to an aromatic ring is 2. The first-order valence-electron chi connectivity index (χ1n) is 11.9. The van der Waals surface area contributed by atoms with E-state index in [1.54, 1.807) is 0 Å². The molecule has 4 N–H and O–H groups in total. The Bertz CT molecular complexity index is 1090. The fraction of sp³-hybridized carbons (Fsp3) is 0.538. The molecular weight excluding hydrogens is 420 g/mol. The monoisotopic (exact) mass is 452 g/mol. The molecule has 176 valence electrons. The molecule has 4 fully saturated rings. The lowest BCUT2D eigenvalue weighted by Gasteiger charge is -2.24. The predicted molar refractivity (Wildman–Crippen MR) is 125 cm³/mol. The molecule has 0 bridgehead atoms. The van der Waals surface area contributed by atoms with Crippen molar-refractivity contribution in [3.8, 4) is 11.5 Å². The minimum Gasteiger partial charge on any atom is -0.456 e. The fourth-order valence-electron chi connectivity index (χ4n) is 4.64. The number of epoxide rings is 4. The number of rotatable bonds is 10. The SMILES string of the molecule is Cc1cc(Oc2c(CC3CO3)c(C)c(N)c(CC3CO3)c2CC2CO2)c(CC2CO2)cc1N. The van der Waals surface area contributed by atoms with E-state index in [0.717, 1.165) is 108 Å². The lowest BCUT2D eigenvalue weighted by atomic mass is 9.88. The van der Waals surface area contributed by atoms with Crippen molar-refractivity contribution in [2.24, 2.45) is 0 Å². The van der Waals surface area contributed by atoms with Crippen LogP contribution in [0.25, 0.3) is 0 Å². The molecule has 7 nitrogen and oxygen atoms in total. The van der Waals surface area contributed by atoms with Crippen molar-refractivity contribution in [2.75, 3.05) is 37.9 Å². The van der Waals surface area contributed by atoms with Gasteiger partial charge in [-0.05, 0) is 48.2 Å². The summed E-state index contributed by atoms with van der Waals surface area (Å²) in [7, 11) is 0. The summed E-state index contributed by atoms with van der Waals surface area (Å²) in [5.41, 5.74) is 21.2. The van der Waals surface area contributed by atoms with E-state index in [9.17, 15) is 0 Å². The molecule has 0 radical (unpaired) electrons. The van der Waals surface area contributed by atoms with Crippen LogP contribution >= 0.6 is 0 Å². The van der Waals surface area contributed by atoms with Crippen LogP contribution in [-0.2, 0) is 44.6 Å². The molecule has 2 aromatic carbocycles. The normalized spacial score (nSPS) is 26.8. The zero-order chi connectivity index (χ0) is 22.7. The van der Waals surface area contributed by atoms with Crippen molar-refractivity contribution >= 4 is 11.4 Å². The molecule has 4 atom stereocenters. The van der Waals surface area contributed by atoms with Gasteiger partial charge in [-0.25, -0.2) is 0 Å². The van der Waals surface area contributed by atoms with Crippen molar-refractivity contribution in [3.63, 3.8) is 0 Å². The van der Waals surface area contributed by atoms with E-state index in [4.69, 9.17) is 35.2 Å². The molecule has 4 unspecified atom stereocenters. The van der Waals surface area contributed by atoms with Gasteiger partial charge in [0, 0.05) is 48.2 Å². The van der Waals surface area contributed by atoms with Crippen LogP contribution in [-0.4, -0.2) is 50.8 Å². The van der Waals surface area contributed by atoms with Crippen LogP contribution in [0.5, 0.6) is 11.5 Å². The van der Waals surface area contributed by atoms with E-state index in [0.29, 0.717) is 0 Å². The Balaban J connectivity index is 1.47. The average Bonchev–Trinajstić information content (AvgIpc) is 3.61. The van der Waals surface area contributed by atoms with Gasteiger partial charge in [-0.3, -0.25) is 0 Å². The van der Waals surface area contributed by atoms with E-state index in [1.807, 2.05) is 13.0 Å². The maximum absolute atomic E-state index is 6.85. The molecule has 0 spiro atoms. The van der Waals surface area contributed by atoms with Crippen LogP contribution in [0.2, 0.25) is 0 Å². The first kappa shape index (κ1) is 21.2. The van der Waals surface area contributed by atoms with E-state index in [-0.39, 0.29) is 24.4 Å². The van der Waals surface area contributed by atoms with Crippen LogP contribution in [0.15, 0.2) is 12.1 Å². The van der Waals surface area contributed by atoms with Crippen LogP contribution in [0.4, 0.5) is 11.4 Å². The van der Waals surface area contributed by atoms with Gasteiger partial charge in [-0.15, -0.1) is 0 Å². The van der Waals surface area contributed by atoms with E-state index in [2.05, 4.69) is 13.0 Å². The second-order valence-electron chi connectivity index (χ2n) is 9.86. The topological polar surface area (TPSA) is 111 Å². The Morgan fingerprint density at radius 3 is 1.85 bits per heavy atom. The average molecular weight is 453 g/mol. The van der Waals surface area contributed by atoms with Gasteiger partial charge in [0.05, 0.1) is 50.8 Å². The van der Waals surface area contributed by atoms with Crippen LogP contribution in [0, 0.1) is 13.8 Å². The summed E-state index contributed by atoms with van der Waals surface area (Å²) < 4.78 is 29.2. The molecule has 0 saturated carbocycles. The summed E-state index contributed by atoms with van der Waals surface area (Å²) in [6.07, 6.45) is 4.08. The highest BCUT2D eigenvalue weighted by Crippen LogP contribution is 2.44. The second kappa shape index (κ2) is 8.17. The maximum Gasteiger partial charge on any atom is 0.134 e. The Morgan fingerprint density at radius 1 is 0.758 bits per heavy atom. The van der Waals surface area contributed by atoms with Gasteiger partial charge in [0.15, 0.2) is 0 Å². The summed E-state index contributed by atoms with van der Waals surface area (Å²) in [5.74, 6) is 1.75. The largest absolute Gasteiger partial charge is 0.456 e. The van der Waals surface area contributed by atoms with Gasteiger partial charge in [-0.2, -0.15) is 0 Å². The van der Waals surface area contributed by atoms with Crippen LogP contribution < -0.4 is 16.2 Å². The van der Waals surface area contributed by atoms with Gasteiger partial charge in [-0.1, -0.05) is 0 Å². The highest BCUT2D eigenvalue weighted by atomic mass is 16.6. The Labute approximate surface area is 194 Å². The van der Waals surface area contributed by atoms with Gasteiger partial charge in [0.2, 0.25) is 0 Å². The van der Waals surface area contributed by atoms with Crippen molar-refractivity contribution < 1.29 is 23.7 Å². The minimum atomic E-state index is 0.214. The molecule has 4 aliphatic heterocycles. The van der Waals surface area contributed by atoms with Gasteiger partial charge in [0.25, 0.3) is 0 Å². The molecule has 6 rings (SSSR count). The van der Waals surface area contributed by atoms with Crippen molar-refractivity contribution in [1.82, 2.24) is 0 Å². The summed E-state index contributed by atoms with van der Waals surface area (Å²) in [6, 6.07) is 4.08. The Kier molecular flexibility index (Phi) is 5.25. The number of anilines is 2. The highest BCUT2D eigenvalue weighted by molar-refractivity contribution is 5.68. The first-order chi connectivity index (χ1) is 16.0. The minimum absolute atomic E-state index is 0.214. The van der Waals surface area contributed by atoms with Gasteiger partial charge < -0.3 is 35.2 Å². The standard InChI is InChI=1S/C26H32N2O5/c1-13-3-24(15(5-23(13)27)4-16-9-29-16)33-26-20(6-17-10-30-17)14(2)25(28)21(7-18-11-31-18)22(26)8-19-12-32-19/h3,5,16-19H,4,6-12,27-28H2,1-2H3. The zero-order valence-corrected chi connectivity index (χ0v) is 19.3. The number of aryl methyl sites for hydroxylation is 1. The number of nitrogens with two attached hydrogens (primary N) is 2. The molecule has 0 aliphatic carbocycles. The first-order valence-corrected chi connectivity index (χ1v) is 11.9. The third-order valence-electron chi connectivity index (χ3n) is 7.11. The van der Waals surface area contributed by atoms with Crippen molar-refractivity contribution in [3.05, 3.63) is 45.5 Å². The van der Waals surface area contributed by atoms with Crippen LogP contribution in [0.3, 0.4) is 0 Å². The van der Waals surface area contributed by atoms with Gasteiger partial charge in [0.1, 0.15) is 11.5 Å². The Hall–Kier alpha value is -2.32. The predicted octanol–water partition coefficient (Wildman–Crippen LogP) is 3.03. The smallest absolute Gasteiger partial charge is 0.134 e. The zero-order valence-electron chi connectivity index (χ0n) is 19.3. The molecule has 4 heterocycles. The molecule has 0 aromatic heterocycles. The van der Waals surface area contributed by atoms with E-state index in [1.165, 1.54) is 0 Å². The molecule has 2 aromatic rings. The molecule has 4 aliphatic rings. The fourth-order valence-corrected chi connectivity index (χ4v) is 4.64. The molecule has 33 heavy (non-hydrogen) atoms.